The van der Waals surface area contributed by atoms with E-state index in [9.17, 15) is 4.79 Å². The number of anilines is 1. The predicted molar refractivity (Wildman–Crippen MR) is 107 cm³/mol. The van der Waals surface area contributed by atoms with Gasteiger partial charge in [-0.15, -0.1) is 0 Å². The first-order valence-corrected chi connectivity index (χ1v) is 9.84. The predicted octanol–water partition coefficient (Wildman–Crippen LogP) is 5.10. The van der Waals surface area contributed by atoms with Crippen molar-refractivity contribution < 1.29 is 4.79 Å². The summed E-state index contributed by atoms with van der Waals surface area (Å²) in [5.41, 5.74) is 4.26. The van der Waals surface area contributed by atoms with Crippen molar-refractivity contribution in [3.63, 3.8) is 0 Å². The summed E-state index contributed by atoms with van der Waals surface area (Å²) in [5.74, 6) is 1.33. The molecule has 2 aromatic carbocycles. The van der Waals surface area contributed by atoms with E-state index >= 15 is 0 Å². The van der Waals surface area contributed by atoms with Crippen LogP contribution in [0.15, 0.2) is 60.8 Å². The van der Waals surface area contributed by atoms with Crippen LogP contribution in [0, 0.1) is 5.92 Å². The van der Waals surface area contributed by atoms with Gasteiger partial charge in [-0.1, -0.05) is 67.8 Å². The molecule has 1 saturated carbocycles. The molecule has 0 saturated heterocycles. The number of nitrogens with zero attached hydrogens (tertiary/aromatic N) is 3. The lowest BCUT2D eigenvalue weighted by molar-refractivity contribution is -0.123. The number of imidazole rings is 1. The minimum Gasteiger partial charge on any atom is -0.305 e. The molecule has 1 aliphatic heterocycles. The Morgan fingerprint density at radius 1 is 0.926 bits per heavy atom. The van der Waals surface area contributed by atoms with Gasteiger partial charge in [0.25, 0.3) is 0 Å². The highest BCUT2D eigenvalue weighted by Crippen LogP contribution is 2.39. The first-order chi connectivity index (χ1) is 13.3. The molecule has 3 aromatic rings. The van der Waals surface area contributed by atoms with Crippen LogP contribution in [-0.4, -0.2) is 15.5 Å². The molecule has 0 N–H and O–H groups in total. The van der Waals surface area contributed by atoms with E-state index in [1.807, 2.05) is 41.4 Å². The molecule has 2 heterocycles. The third-order valence-corrected chi connectivity index (χ3v) is 5.86. The molecule has 0 atom stereocenters. The molecule has 1 amide bonds. The Balaban J connectivity index is 1.59. The van der Waals surface area contributed by atoms with Gasteiger partial charge in [-0.25, -0.2) is 4.98 Å². The van der Waals surface area contributed by atoms with Gasteiger partial charge in [0.1, 0.15) is 12.5 Å². The minimum absolute atomic E-state index is 0.150. The number of para-hydroxylation sites is 1. The van der Waals surface area contributed by atoms with E-state index in [0.29, 0.717) is 6.67 Å². The molecule has 2 aliphatic rings. The van der Waals surface area contributed by atoms with Crippen molar-refractivity contribution in [2.75, 3.05) is 4.90 Å². The van der Waals surface area contributed by atoms with Crippen LogP contribution in [-0.2, 0) is 11.5 Å². The van der Waals surface area contributed by atoms with Crippen LogP contribution in [0.1, 0.15) is 32.1 Å². The van der Waals surface area contributed by atoms with Crippen molar-refractivity contribution in [3.8, 4) is 22.6 Å². The number of rotatable bonds is 2. The fourth-order valence-corrected chi connectivity index (χ4v) is 4.45. The summed E-state index contributed by atoms with van der Waals surface area (Å²) in [7, 11) is 0. The van der Waals surface area contributed by atoms with E-state index < -0.39 is 0 Å². The van der Waals surface area contributed by atoms with E-state index in [0.717, 1.165) is 54.0 Å². The van der Waals surface area contributed by atoms with Gasteiger partial charge in [-0.05, 0) is 18.9 Å². The van der Waals surface area contributed by atoms with Gasteiger partial charge in [-0.3, -0.25) is 9.69 Å². The highest BCUT2D eigenvalue weighted by molar-refractivity contribution is 5.99. The van der Waals surface area contributed by atoms with E-state index in [1.165, 1.54) is 6.42 Å². The smallest absolute Gasteiger partial charge is 0.231 e. The zero-order valence-electron chi connectivity index (χ0n) is 15.3. The molecule has 0 radical (unpaired) electrons. The van der Waals surface area contributed by atoms with Crippen LogP contribution in [0.25, 0.3) is 22.6 Å². The number of aromatic nitrogens is 2. The lowest BCUT2D eigenvalue weighted by Crippen LogP contribution is -2.40. The molecule has 1 aromatic heterocycles. The minimum atomic E-state index is 0.150. The van der Waals surface area contributed by atoms with Crippen LogP contribution >= 0.6 is 0 Å². The van der Waals surface area contributed by atoms with Gasteiger partial charge < -0.3 is 4.57 Å². The molecule has 4 heteroatoms. The molecular formula is C23H23N3O. The Morgan fingerprint density at radius 2 is 1.67 bits per heavy atom. The van der Waals surface area contributed by atoms with Crippen molar-refractivity contribution in [1.82, 2.24) is 9.55 Å². The van der Waals surface area contributed by atoms with Gasteiger partial charge in [-0.2, -0.15) is 0 Å². The van der Waals surface area contributed by atoms with Crippen LogP contribution in [0.2, 0.25) is 0 Å². The third kappa shape index (κ3) is 2.76. The van der Waals surface area contributed by atoms with Crippen molar-refractivity contribution in [1.29, 1.82) is 0 Å². The van der Waals surface area contributed by atoms with Crippen molar-refractivity contribution in [3.05, 3.63) is 60.8 Å². The van der Waals surface area contributed by atoms with Gasteiger partial charge >= 0.3 is 0 Å². The first kappa shape index (κ1) is 16.3. The van der Waals surface area contributed by atoms with Crippen molar-refractivity contribution in [2.45, 2.75) is 38.8 Å². The van der Waals surface area contributed by atoms with Crippen LogP contribution in [0.4, 0.5) is 5.69 Å². The monoisotopic (exact) mass is 357 g/mol. The quantitative estimate of drug-likeness (QED) is 0.640. The number of benzene rings is 2. The molecule has 27 heavy (non-hydrogen) atoms. The summed E-state index contributed by atoms with van der Waals surface area (Å²) in [4.78, 5) is 20.1. The Morgan fingerprint density at radius 3 is 2.48 bits per heavy atom. The molecule has 0 spiro atoms. The number of carbonyl (C=O) groups is 1. The topological polar surface area (TPSA) is 38.1 Å². The molecule has 0 unspecified atom stereocenters. The Hall–Kier alpha value is -2.88. The largest absolute Gasteiger partial charge is 0.305 e. The zero-order chi connectivity index (χ0) is 18.2. The number of carbonyl (C=O) groups excluding carboxylic acids is 1. The second-order valence-electron chi connectivity index (χ2n) is 7.52. The lowest BCUT2D eigenvalue weighted by Gasteiger charge is -2.35. The second kappa shape index (κ2) is 6.69. The molecule has 0 bridgehead atoms. The maximum atomic E-state index is 13.4. The Labute approximate surface area is 159 Å². The number of amides is 1. The molecular weight excluding hydrogens is 334 g/mol. The number of hydrogen-bond donors (Lipinski definition) is 0. The van der Waals surface area contributed by atoms with Crippen molar-refractivity contribution in [2.24, 2.45) is 5.92 Å². The summed E-state index contributed by atoms with van der Waals surface area (Å²) in [5, 5.41) is 0. The fraction of sp³-hybridized carbons (Fsp3) is 0.304. The SMILES string of the molecule is O=C(C1CCCCC1)N1Cn2c(cnc2-c2ccccc2)-c2ccccc21. The maximum Gasteiger partial charge on any atom is 0.231 e. The molecule has 4 nitrogen and oxygen atoms in total. The standard InChI is InChI=1S/C23H23N3O/c27-23(18-11-5-2-6-12-18)26-16-25-21(19-13-7-8-14-20(19)26)15-24-22(25)17-9-3-1-4-10-17/h1,3-4,7-10,13-15,18H,2,5-6,11-12,16H2. The lowest BCUT2D eigenvalue weighted by atomic mass is 9.88. The van der Waals surface area contributed by atoms with Crippen LogP contribution in [0.5, 0.6) is 0 Å². The van der Waals surface area contributed by atoms with Crippen LogP contribution in [0.3, 0.4) is 0 Å². The molecule has 5 rings (SSSR count). The summed E-state index contributed by atoms with van der Waals surface area (Å²) in [6, 6.07) is 18.4. The summed E-state index contributed by atoms with van der Waals surface area (Å²) < 4.78 is 2.18. The zero-order valence-corrected chi connectivity index (χ0v) is 15.3. The van der Waals surface area contributed by atoms with Gasteiger partial charge in [0.05, 0.1) is 17.6 Å². The Bertz CT molecular complexity index is 957. The van der Waals surface area contributed by atoms with Crippen LogP contribution < -0.4 is 4.90 Å². The first-order valence-electron chi connectivity index (χ1n) is 9.84. The average molecular weight is 357 g/mol. The molecule has 136 valence electrons. The van der Waals surface area contributed by atoms with Gasteiger partial charge in [0, 0.05) is 17.0 Å². The van der Waals surface area contributed by atoms with E-state index in [-0.39, 0.29) is 11.8 Å². The Kier molecular flexibility index (Phi) is 4.04. The van der Waals surface area contributed by atoms with E-state index in [4.69, 9.17) is 4.98 Å². The second-order valence-corrected chi connectivity index (χ2v) is 7.52. The van der Waals surface area contributed by atoms with E-state index in [2.05, 4.69) is 28.8 Å². The third-order valence-electron chi connectivity index (χ3n) is 5.86. The summed E-state index contributed by atoms with van der Waals surface area (Å²) >= 11 is 0. The summed E-state index contributed by atoms with van der Waals surface area (Å²) in [6.45, 7) is 0.534. The number of hydrogen-bond acceptors (Lipinski definition) is 2. The normalized spacial score (nSPS) is 16.7. The fourth-order valence-electron chi connectivity index (χ4n) is 4.45. The van der Waals surface area contributed by atoms with E-state index in [1.54, 1.807) is 0 Å². The highest BCUT2D eigenvalue weighted by Gasteiger charge is 2.32. The highest BCUT2D eigenvalue weighted by atomic mass is 16.2. The molecule has 1 aliphatic carbocycles. The van der Waals surface area contributed by atoms with Gasteiger partial charge in [0.15, 0.2) is 0 Å². The average Bonchev–Trinajstić information content (AvgIpc) is 3.18. The van der Waals surface area contributed by atoms with Gasteiger partial charge in [0.2, 0.25) is 5.91 Å². The summed E-state index contributed by atoms with van der Waals surface area (Å²) in [6.07, 6.45) is 7.54. The van der Waals surface area contributed by atoms with Crippen molar-refractivity contribution >= 4 is 11.6 Å². The maximum absolute atomic E-state index is 13.4. The number of fused-ring (bicyclic) bond motifs is 3. The molecule has 1 fully saturated rings.